The molecule has 0 saturated heterocycles. The van der Waals surface area contributed by atoms with Gasteiger partial charge in [-0.3, -0.25) is 9.59 Å². The second kappa shape index (κ2) is 9.46. The fraction of sp³-hybridized carbons (Fsp3) is 0.263. The maximum Gasteiger partial charge on any atom is 0.310 e. The van der Waals surface area contributed by atoms with Crippen molar-refractivity contribution < 1.29 is 19.1 Å². The highest BCUT2D eigenvalue weighted by molar-refractivity contribution is 6.36. The fourth-order valence-corrected chi connectivity index (χ4v) is 2.55. The van der Waals surface area contributed by atoms with E-state index in [0.29, 0.717) is 21.5 Å². The molecule has 2 aromatic carbocycles. The molecule has 1 amide bonds. The first-order valence-electron chi connectivity index (χ1n) is 8.00. The van der Waals surface area contributed by atoms with Gasteiger partial charge in [-0.15, -0.1) is 0 Å². The number of para-hydroxylation sites is 1. The van der Waals surface area contributed by atoms with Crippen LogP contribution < -0.4 is 10.1 Å². The maximum atomic E-state index is 12.1. The predicted molar refractivity (Wildman–Crippen MR) is 102 cm³/mol. The Morgan fingerprint density at radius 3 is 2.58 bits per heavy atom. The zero-order valence-corrected chi connectivity index (χ0v) is 15.9. The van der Waals surface area contributed by atoms with E-state index in [1.807, 2.05) is 31.2 Å². The monoisotopic (exact) mass is 395 g/mol. The Bertz CT molecular complexity index is 795. The summed E-state index contributed by atoms with van der Waals surface area (Å²) >= 11 is 11.8. The summed E-state index contributed by atoms with van der Waals surface area (Å²) < 4.78 is 10.7. The molecule has 0 saturated carbocycles. The molecule has 0 fully saturated rings. The van der Waals surface area contributed by atoms with Gasteiger partial charge < -0.3 is 14.8 Å². The minimum Gasteiger partial charge on any atom is -0.493 e. The number of carbonyl (C=O) groups excluding carboxylic acids is 2. The molecule has 0 aliphatic rings. The van der Waals surface area contributed by atoms with Crippen LogP contribution in [0.2, 0.25) is 10.0 Å². The molecule has 2 rings (SSSR count). The van der Waals surface area contributed by atoms with E-state index in [1.54, 1.807) is 12.1 Å². The number of rotatable bonds is 7. The Morgan fingerprint density at radius 2 is 1.88 bits per heavy atom. The van der Waals surface area contributed by atoms with Gasteiger partial charge in [-0.2, -0.15) is 0 Å². The Labute approximate surface area is 162 Å². The molecule has 0 heterocycles. The van der Waals surface area contributed by atoms with Crippen LogP contribution >= 0.6 is 23.2 Å². The highest BCUT2D eigenvalue weighted by Crippen LogP contribution is 2.25. The lowest BCUT2D eigenvalue weighted by Crippen LogP contribution is -2.30. The van der Waals surface area contributed by atoms with Gasteiger partial charge in [-0.25, -0.2) is 0 Å². The Balaban J connectivity index is 1.78. The highest BCUT2D eigenvalue weighted by atomic mass is 35.5. The van der Waals surface area contributed by atoms with Crippen molar-refractivity contribution in [1.29, 1.82) is 0 Å². The summed E-state index contributed by atoms with van der Waals surface area (Å²) in [5.74, 6) is -0.297. The lowest BCUT2D eigenvalue weighted by Gasteiger charge is -2.15. The van der Waals surface area contributed by atoms with Gasteiger partial charge in [0.15, 0.2) is 6.10 Å². The summed E-state index contributed by atoms with van der Waals surface area (Å²) in [6.45, 7) is 3.57. The Kier molecular flexibility index (Phi) is 7.30. The third-order valence-corrected chi connectivity index (χ3v) is 4.07. The van der Waals surface area contributed by atoms with E-state index in [-0.39, 0.29) is 13.0 Å². The van der Waals surface area contributed by atoms with E-state index in [4.69, 9.17) is 32.7 Å². The van der Waals surface area contributed by atoms with Gasteiger partial charge in [0.2, 0.25) is 0 Å². The minimum atomic E-state index is -0.965. The Hall–Kier alpha value is -2.24. The van der Waals surface area contributed by atoms with Crippen LogP contribution in [0.15, 0.2) is 42.5 Å². The molecule has 26 heavy (non-hydrogen) atoms. The number of carbonyl (C=O) groups is 2. The molecule has 1 atom stereocenters. The van der Waals surface area contributed by atoms with Crippen LogP contribution in [-0.2, 0) is 14.3 Å². The second-order valence-corrected chi connectivity index (χ2v) is 6.45. The summed E-state index contributed by atoms with van der Waals surface area (Å²) in [5.41, 5.74) is 1.38. The zero-order chi connectivity index (χ0) is 19.1. The van der Waals surface area contributed by atoms with Crippen molar-refractivity contribution in [2.24, 2.45) is 0 Å². The summed E-state index contributed by atoms with van der Waals surface area (Å²) in [5, 5.41) is 3.36. The van der Waals surface area contributed by atoms with Crippen molar-refractivity contribution in [3.63, 3.8) is 0 Å². The standard InChI is InChI=1S/C19H19Cl2NO4/c1-12-5-3-4-6-17(12)25-10-9-18(23)26-13(2)19(24)22-16-8-7-14(20)11-15(16)21/h3-8,11,13H,9-10H2,1-2H3,(H,22,24)/t13-/m1/s1. The van der Waals surface area contributed by atoms with E-state index in [1.165, 1.54) is 13.0 Å². The topological polar surface area (TPSA) is 64.6 Å². The van der Waals surface area contributed by atoms with Gasteiger partial charge in [-0.05, 0) is 43.7 Å². The summed E-state index contributed by atoms with van der Waals surface area (Å²) in [6.07, 6.45) is -0.930. The SMILES string of the molecule is Cc1ccccc1OCCC(=O)O[C@H](C)C(=O)Nc1ccc(Cl)cc1Cl. The van der Waals surface area contributed by atoms with Crippen LogP contribution in [0.5, 0.6) is 5.75 Å². The number of hydrogen-bond acceptors (Lipinski definition) is 4. The first kappa shape index (κ1) is 20.1. The fourth-order valence-electron chi connectivity index (χ4n) is 2.10. The quantitative estimate of drug-likeness (QED) is 0.693. The number of anilines is 1. The minimum absolute atomic E-state index is 0.0354. The average molecular weight is 396 g/mol. The molecule has 0 aromatic heterocycles. The van der Waals surface area contributed by atoms with E-state index < -0.39 is 18.0 Å². The molecule has 0 spiro atoms. The van der Waals surface area contributed by atoms with Crippen molar-refractivity contribution >= 4 is 40.8 Å². The van der Waals surface area contributed by atoms with Crippen molar-refractivity contribution in [2.75, 3.05) is 11.9 Å². The van der Waals surface area contributed by atoms with Crippen LogP contribution in [0.4, 0.5) is 5.69 Å². The zero-order valence-electron chi connectivity index (χ0n) is 14.4. The summed E-state index contributed by atoms with van der Waals surface area (Å²) in [6, 6.07) is 12.2. The van der Waals surface area contributed by atoms with Crippen LogP contribution in [0, 0.1) is 6.92 Å². The molecule has 0 unspecified atom stereocenters. The molecule has 2 aromatic rings. The van der Waals surface area contributed by atoms with Crippen molar-refractivity contribution in [2.45, 2.75) is 26.4 Å². The van der Waals surface area contributed by atoms with Crippen LogP contribution in [-0.4, -0.2) is 24.6 Å². The average Bonchev–Trinajstić information content (AvgIpc) is 2.59. The van der Waals surface area contributed by atoms with Gasteiger partial charge in [0.1, 0.15) is 5.75 Å². The van der Waals surface area contributed by atoms with E-state index in [2.05, 4.69) is 5.32 Å². The lowest BCUT2D eigenvalue weighted by atomic mass is 10.2. The molecular weight excluding hydrogens is 377 g/mol. The molecule has 138 valence electrons. The largest absolute Gasteiger partial charge is 0.493 e. The van der Waals surface area contributed by atoms with Crippen LogP contribution in [0.3, 0.4) is 0 Å². The molecule has 1 N–H and O–H groups in total. The molecule has 7 heteroatoms. The number of nitrogens with one attached hydrogen (secondary N) is 1. The third-order valence-electron chi connectivity index (χ3n) is 3.52. The van der Waals surface area contributed by atoms with Crippen molar-refractivity contribution in [1.82, 2.24) is 0 Å². The van der Waals surface area contributed by atoms with E-state index >= 15 is 0 Å². The van der Waals surface area contributed by atoms with Gasteiger partial charge in [-0.1, -0.05) is 41.4 Å². The number of hydrogen-bond donors (Lipinski definition) is 1. The summed E-state index contributed by atoms with van der Waals surface area (Å²) in [4.78, 5) is 24.0. The smallest absolute Gasteiger partial charge is 0.310 e. The van der Waals surface area contributed by atoms with E-state index in [0.717, 1.165) is 5.56 Å². The molecule has 0 aliphatic heterocycles. The molecule has 0 bridgehead atoms. The van der Waals surface area contributed by atoms with Crippen molar-refractivity contribution in [3.05, 3.63) is 58.1 Å². The lowest BCUT2D eigenvalue weighted by molar-refractivity contribution is -0.153. The predicted octanol–water partition coefficient (Wildman–Crippen LogP) is 4.64. The number of halogens is 2. The van der Waals surface area contributed by atoms with Crippen LogP contribution in [0.1, 0.15) is 18.9 Å². The number of ether oxygens (including phenoxy) is 2. The first-order valence-corrected chi connectivity index (χ1v) is 8.76. The number of aryl methyl sites for hydroxylation is 1. The second-order valence-electron chi connectivity index (χ2n) is 5.61. The molecule has 0 radical (unpaired) electrons. The molecular formula is C19H19Cl2NO4. The van der Waals surface area contributed by atoms with Gasteiger partial charge in [0, 0.05) is 5.02 Å². The summed E-state index contributed by atoms with van der Waals surface area (Å²) in [7, 11) is 0. The number of esters is 1. The Morgan fingerprint density at radius 1 is 1.15 bits per heavy atom. The third kappa shape index (κ3) is 5.93. The van der Waals surface area contributed by atoms with Crippen molar-refractivity contribution in [3.8, 4) is 5.75 Å². The first-order chi connectivity index (χ1) is 12.4. The molecule has 5 nitrogen and oxygen atoms in total. The number of benzene rings is 2. The van der Waals surface area contributed by atoms with Gasteiger partial charge >= 0.3 is 5.97 Å². The van der Waals surface area contributed by atoms with Gasteiger partial charge in [0.05, 0.1) is 23.7 Å². The van der Waals surface area contributed by atoms with Gasteiger partial charge in [0.25, 0.3) is 5.91 Å². The highest BCUT2D eigenvalue weighted by Gasteiger charge is 2.19. The van der Waals surface area contributed by atoms with E-state index in [9.17, 15) is 9.59 Å². The van der Waals surface area contributed by atoms with Crippen LogP contribution in [0.25, 0.3) is 0 Å². The molecule has 0 aliphatic carbocycles. The number of amides is 1. The normalized spacial score (nSPS) is 11.5. The maximum absolute atomic E-state index is 12.1.